The van der Waals surface area contributed by atoms with Gasteiger partial charge >= 0.3 is 0 Å². The lowest BCUT2D eigenvalue weighted by Gasteiger charge is -2.38. The van der Waals surface area contributed by atoms with E-state index >= 15 is 0 Å². The van der Waals surface area contributed by atoms with Crippen molar-refractivity contribution in [2.75, 3.05) is 5.75 Å². The van der Waals surface area contributed by atoms with E-state index in [1.165, 1.54) is 32.9 Å². The molecule has 2 aromatic rings. The quantitative estimate of drug-likeness (QED) is 0.738. The second kappa shape index (κ2) is 7.19. The van der Waals surface area contributed by atoms with Crippen molar-refractivity contribution < 1.29 is 26.4 Å². The van der Waals surface area contributed by atoms with E-state index in [2.05, 4.69) is 9.98 Å². The molecule has 6 nitrogen and oxygen atoms in total. The number of Topliss-reactive ketones (excluding diaryl/α,β-unsaturated/α-hetero) is 1. The number of hydrogen-bond donors (Lipinski definition) is 1. The van der Waals surface area contributed by atoms with E-state index in [1.54, 1.807) is 0 Å². The van der Waals surface area contributed by atoms with Gasteiger partial charge in [-0.15, -0.1) is 0 Å². The second-order valence-corrected chi connectivity index (χ2v) is 10.5. The molecule has 0 fully saturated rings. The van der Waals surface area contributed by atoms with E-state index in [9.17, 15) is 26.4 Å². The molecular formula is C20H20F3N3O3S. The van der Waals surface area contributed by atoms with Crippen LogP contribution >= 0.6 is 0 Å². The first-order valence-electron chi connectivity index (χ1n) is 8.98. The van der Waals surface area contributed by atoms with Crippen molar-refractivity contribution in [2.24, 2.45) is 10.7 Å². The Bertz CT molecular complexity index is 1160. The minimum atomic E-state index is -3.84. The zero-order valence-electron chi connectivity index (χ0n) is 16.5. The largest absolute Gasteiger partial charge is 0.386 e. The van der Waals surface area contributed by atoms with Gasteiger partial charge in [-0.1, -0.05) is 0 Å². The summed E-state index contributed by atoms with van der Waals surface area (Å²) in [5.41, 5.74) is 3.92. The number of hydrogen-bond acceptors (Lipinski definition) is 6. The van der Waals surface area contributed by atoms with Gasteiger partial charge in [-0.25, -0.2) is 21.6 Å². The molecule has 0 saturated heterocycles. The molecular weight excluding hydrogens is 419 g/mol. The summed E-state index contributed by atoms with van der Waals surface area (Å²) >= 11 is 0. The van der Waals surface area contributed by atoms with E-state index in [-0.39, 0.29) is 29.1 Å². The highest BCUT2D eigenvalue weighted by Gasteiger charge is 2.49. The standard InChI is InChI=1S/C20H20F3N3O3S/c1-19(2)18(24)26-20(3,10-30(19,28)29)13-6-11(7-14(22)17(13)23)8-16(27)15-5-4-12(21)9-25-15/h4-7,9H,8,10H2,1-3H3,(H2,24,26)/t20-/m0/s1. The summed E-state index contributed by atoms with van der Waals surface area (Å²) in [6, 6.07) is 4.28. The van der Waals surface area contributed by atoms with Crippen LogP contribution in [-0.4, -0.2) is 35.5 Å². The lowest BCUT2D eigenvalue weighted by Crippen LogP contribution is -2.55. The summed E-state index contributed by atoms with van der Waals surface area (Å²) in [5, 5.41) is 0. The van der Waals surface area contributed by atoms with Crippen molar-refractivity contribution in [2.45, 2.75) is 37.5 Å². The Balaban J connectivity index is 2.05. The molecule has 30 heavy (non-hydrogen) atoms. The molecule has 3 rings (SSSR count). The van der Waals surface area contributed by atoms with Gasteiger partial charge in [-0.05, 0) is 50.6 Å². The molecule has 0 radical (unpaired) electrons. The number of halogens is 3. The monoisotopic (exact) mass is 439 g/mol. The fourth-order valence-corrected chi connectivity index (χ4v) is 4.92. The van der Waals surface area contributed by atoms with Crippen LogP contribution < -0.4 is 5.73 Å². The normalized spacial score (nSPS) is 22.4. The summed E-state index contributed by atoms with van der Waals surface area (Å²) in [6.07, 6.45) is 0.521. The van der Waals surface area contributed by atoms with Gasteiger partial charge < -0.3 is 5.73 Å². The predicted molar refractivity (Wildman–Crippen MR) is 105 cm³/mol. The molecule has 1 atom stereocenters. The average Bonchev–Trinajstić information content (AvgIpc) is 2.63. The molecule has 1 aromatic heterocycles. The minimum Gasteiger partial charge on any atom is -0.386 e. The topological polar surface area (TPSA) is 102 Å². The predicted octanol–water partition coefficient (Wildman–Crippen LogP) is 2.70. The molecule has 0 spiro atoms. The Morgan fingerprint density at radius 3 is 2.40 bits per heavy atom. The SMILES string of the molecule is CC1(C)C(N)=N[C@](C)(c2cc(CC(=O)c3ccc(F)cn3)cc(F)c2F)CS1(=O)=O. The zero-order chi connectivity index (χ0) is 22.5. The van der Waals surface area contributed by atoms with Crippen LogP contribution in [0.2, 0.25) is 0 Å². The molecule has 1 aliphatic rings. The van der Waals surface area contributed by atoms with Gasteiger partial charge in [0.15, 0.2) is 27.3 Å². The molecule has 0 amide bonds. The molecule has 1 aliphatic heterocycles. The molecule has 0 aliphatic carbocycles. The third kappa shape index (κ3) is 3.71. The fraction of sp³-hybridized carbons (Fsp3) is 0.350. The Hall–Kier alpha value is -2.75. The number of sulfone groups is 1. The maximum absolute atomic E-state index is 14.7. The first-order valence-corrected chi connectivity index (χ1v) is 10.6. The van der Waals surface area contributed by atoms with Crippen LogP contribution in [0.15, 0.2) is 35.5 Å². The summed E-state index contributed by atoms with van der Waals surface area (Å²) in [7, 11) is -3.84. The highest BCUT2D eigenvalue weighted by atomic mass is 32.2. The number of rotatable bonds is 4. The van der Waals surface area contributed by atoms with Crippen molar-refractivity contribution in [3.8, 4) is 0 Å². The number of aromatic nitrogens is 1. The van der Waals surface area contributed by atoms with Crippen LogP contribution in [0.1, 0.15) is 42.4 Å². The minimum absolute atomic E-state index is 0.0434. The number of aliphatic imine (C=N–C) groups is 1. The Labute approximate surface area is 172 Å². The molecule has 1 aromatic carbocycles. The fourth-order valence-electron chi connectivity index (χ4n) is 3.24. The lowest BCUT2D eigenvalue weighted by molar-refractivity contribution is 0.0988. The van der Waals surface area contributed by atoms with E-state index < -0.39 is 49.1 Å². The number of pyridine rings is 1. The van der Waals surface area contributed by atoms with Gasteiger partial charge in [-0.2, -0.15) is 0 Å². The maximum Gasteiger partial charge on any atom is 0.185 e. The van der Waals surface area contributed by atoms with Gasteiger partial charge in [0.1, 0.15) is 27.6 Å². The van der Waals surface area contributed by atoms with Crippen molar-refractivity contribution in [1.82, 2.24) is 4.98 Å². The molecule has 0 unspecified atom stereocenters. The number of ketones is 1. The highest BCUT2D eigenvalue weighted by molar-refractivity contribution is 7.93. The molecule has 0 saturated carbocycles. The third-order valence-corrected chi connectivity index (χ3v) is 7.98. The number of amidine groups is 1. The number of carbonyl (C=O) groups is 1. The van der Waals surface area contributed by atoms with E-state index in [1.807, 2.05) is 0 Å². The Morgan fingerprint density at radius 1 is 1.17 bits per heavy atom. The summed E-state index contributed by atoms with van der Waals surface area (Å²) in [4.78, 5) is 20.3. The second-order valence-electron chi connectivity index (χ2n) is 7.94. The summed E-state index contributed by atoms with van der Waals surface area (Å²) < 4.78 is 66.0. The average molecular weight is 439 g/mol. The molecule has 160 valence electrons. The van der Waals surface area contributed by atoms with Gasteiger partial charge in [0.2, 0.25) is 0 Å². The molecule has 0 bridgehead atoms. The van der Waals surface area contributed by atoms with Crippen LogP contribution in [-0.2, 0) is 21.8 Å². The van der Waals surface area contributed by atoms with E-state index in [4.69, 9.17) is 5.73 Å². The van der Waals surface area contributed by atoms with Crippen molar-refractivity contribution >= 4 is 21.5 Å². The van der Waals surface area contributed by atoms with Crippen LogP contribution in [0, 0.1) is 17.5 Å². The van der Waals surface area contributed by atoms with Crippen molar-refractivity contribution in [1.29, 1.82) is 0 Å². The molecule has 2 N–H and O–H groups in total. The zero-order valence-corrected chi connectivity index (χ0v) is 17.4. The highest BCUT2D eigenvalue weighted by Crippen LogP contribution is 2.38. The van der Waals surface area contributed by atoms with Crippen LogP contribution in [0.3, 0.4) is 0 Å². The maximum atomic E-state index is 14.7. The Kier molecular flexibility index (Phi) is 5.26. The van der Waals surface area contributed by atoms with Crippen LogP contribution in [0.5, 0.6) is 0 Å². The summed E-state index contributed by atoms with van der Waals surface area (Å²) in [6.45, 7) is 4.13. The van der Waals surface area contributed by atoms with Gasteiger partial charge in [0.25, 0.3) is 0 Å². The molecule has 10 heteroatoms. The molecule has 2 heterocycles. The summed E-state index contributed by atoms with van der Waals surface area (Å²) in [5.74, 6) is -4.47. The van der Waals surface area contributed by atoms with Crippen LogP contribution in [0.4, 0.5) is 13.2 Å². The lowest BCUT2D eigenvalue weighted by atomic mass is 9.90. The van der Waals surface area contributed by atoms with Gasteiger partial charge in [0, 0.05) is 12.0 Å². The van der Waals surface area contributed by atoms with E-state index in [0.717, 1.165) is 18.3 Å². The number of nitrogens with two attached hydrogens (primary N) is 1. The smallest absolute Gasteiger partial charge is 0.185 e. The number of carbonyl (C=O) groups excluding carboxylic acids is 1. The van der Waals surface area contributed by atoms with Crippen LogP contribution in [0.25, 0.3) is 0 Å². The first-order chi connectivity index (χ1) is 13.8. The van der Waals surface area contributed by atoms with Crippen molar-refractivity contribution in [3.05, 3.63) is 64.7 Å². The van der Waals surface area contributed by atoms with Gasteiger partial charge in [0.05, 0.1) is 11.9 Å². The first kappa shape index (κ1) is 21.9. The van der Waals surface area contributed by atoms with Gasteiger partial charge in [-0.3, -0.25) is 14.8 Å². The van der Waals surface area contributed by atoms with E-state index in [0.29, 0.717) is 0 Å². The Morgan fingerprint density at radius 2 is 1.83 bits per heavy atom. The number of benzene rings is 1. The van der Waals surface area contributed by atoms with Crippen molar-refractivity contribution in [3.63, 3.8) is 0 Å². The number of nitrogens with zero attached hydrogens (tertiary/aromatic N) is 2. The third-order valence-electron chi connectivity index (χ3n) is 5.28.